The largest absolute Gasteiger partial charge is 0.300 e. The van der Waals surface area contributed by atoms with E-state index in [0.717, 1.165) is 17.8 Å². The Kier molecular flexibility index (Phi) is 3.57. The molecule has 1 rings (SSSR count). The van der Waals surface area contributed by atoms with Gasteiger partial charge in [-0.1, -0.05) is 6.07 Å². The van der Waals surface area contributed by atoms with E-state index in [0.29, 0.717) is 0 Å². The summed E-state index contributed by atoms with van der Waals surface area (Å²) in [6.45, 7) is 0. The zero-order chi connectivity index (χ0) is 10.7. The number of alkyl halides is 2. The van der Waals surface area contributed by atoms with Crippen LogP contribution in [0.2, 0.25) is 0 Å². The van der Waals surface area contributed by atoms with E-state index in [9.17, 15) is 18.0 Å². The molecule has 1 nitrogen and oxygen atoms in total. The zero-order valence-electron chi connectivity index (χ0n) is 7.26. The lowest BCUT2D eigenvalue weighted by Crippen LogP contribution is -2.12. The molecule has 1 aromatic rings. The number of rotatable bonds is 3. The maximum Gasteiger partial charge on any atom is 0.300 e. The number of carbonyl (C=O) groups is 1. The van der Waals surface area contributed by atoms with Gasteiger partial charge in [-0.05, 0) is 18.4 Å². The van der Waals surface area contributed by atoms with Crippen LogP contribution in [-0.4, -0.2) is 18.5 Å². The van der Waals surface area contributed by atoms with Crippen molar-refractivity contribution in [1.29, 1.82) is 0 Å². The van der Waals surface area contributed by atoms with E-state index >= 15 is 0 Å². The van der Waals surface area contributed by atoms with E-state index in [1.807, 2.05) is 0 Å². The van der Waals surface area contributed by atoms with Crippen LogP contribution in [0.5, 0.6) is 0 Å². The Morgan fingerprint density at radius 1 is 1.43 bits per heavy atom. The Bertz CT molecular complexity index is 352. The van der Waals surface area contributed by atoms with Gasteiger partial charge in [-0.2, -0.15) is 0 Å². The molecule has 0 spiro atoms. The zero-order valence-corrected chi connectivity index (χ0v) is 8.08. The Balaban J connectivity index is 3.16. The fourth-order valence-electron chi connectivity index (χ4n) is 0.976. The lowest BCUT2D eigenvalue weighted by Gasteiger charge is -2.04. The molecule has 0 aliphatic heterocycles. The highest BCUT2D eigenvalue weighted by Crippen LogP contribution is 2.23. The van der Waals surface area contributed by atoms with Gasteiger partial charge in [0.25, 0.3) is 0 Å². The van der Waals surface area contributed by atoms with Crippen molar-refractivity contribution in [3.05, 3.63) is 29.6 Å². The smallest absolute Gasteiger partial charge is 0.288 e. The topological polar surface area (TPSA) is 17.1 Å². The standard InChI is InChI=1S/C9H7F3OS/c1-14-6-4-2-3-5(7(6)10)8(13)9(11)12/h2-4,9H,1H3. The fourth-order valence-corrected chi connectivity index (χ4v) is 1.48. The van der Waals surface area contributed by atoms with Gasteiger partial charge in [0.2, 0.25) is 5.78 Å². The molecule has 5 heteroatoms. The second kappa shape index (κ2) is 4.50. The number of Topliss-reactive ketones (excluding diaryl/α,β-unsaturated/α-hetero) is 1. The van der Waals surface area contributed by atoms with Gasteiger partial charge in [-0.15, -0.1) is 11.8 Å². The predicted octanol–water partition coefficient (Wildman–Crippen LogP) is 3.00. The number of benzene rings is 1. The number of halogens is 3. The van der Waals surface area contributed by atoms with Crippen molar-refractivity contribution in [2.75, 3.05) is 6.26 Å². The van der Waals surface area contributed by atoms with Gasteiger partial charge in [0.05, 0.1) is 5.56 Å². The highest BCUT2D eigenvalue weighted by Gasteiger charge is 2.22. The molecule has 0 aromatic heterocycles. The van der Waals surface area contributed by atoms with E-state index in [1.54, 1.807) is 6.26 Å². The maximum atomic E-state index is 13.3. The average molecular weight is 220 g/mol. The molecule has 0 heterocycles. The molecular weight excluding hydrogens is 213 g/mol. The summed E-state index contributed by atoms with van der Waals surface area (Å²) in [6.07, 6.45) is -1.56. The van der Waals surface area contributed by atoms with Crippen LogP contribution >= 0.6 is 11.8 Å². The molecule has 0 aliphatic carbocycles. The number of hydrogen-bond acceptors (Lipinski definition) is 2. The first-order valence-electron chi connectivity index (χ1n) is 3.72. The fraction of sp³-hybridized carbons (Fsp3) is 0.222. The lowest BCUT2D eigenvalue weighted by molar-refractivity contribution is 0.0673. The van der Waals surface area contributed by atoms with Crippen molar-refractivity contribution in [2.45, 2.75) is 11.3 Å². The molecular formula is C9H7F3OS. The van der Waals surface area contributed by atoms with Crippen molar-refractivity contribution < 1.29 is 18.0 Å². The van der Waals surface area contributed by atoms with Gasteiger partial charge in [-0.25, -0.2) is 13.2 Å². The van der Waals surface area contributed by atoms with Crippen LogP contribution in [0.25, 0.3) is 0 Å². The third-order valence-corrected chi connectivity index (χ3v) is 2.40. The third-order valence-electron chi connectivity index (χ3n) is 1.65. The van der Waals surface area contributed by atoms with Crippen LogP contribution in [-0.2, 0) is 0 Å². The van der Waals surface area contributed by atoms with Crippen LogP contribution in [0.3, 0.4) is 0 Å². The second-order valence-electron chi connectivity index (χ2n) is 2.49. The van der Waals surface area contributed by atoms with Gasteiger partial charge >= 0.3 is 6.43 Å². The average Bonchev–Trinajstić information content (AvgIpc) is 2.17. The van der Waals surface area contributed by atoms with Crippen molar-refractivity contribution >= 4 is 17.5 Å². The second-order valence-corrected chi connectivity index (χ2v) is 3.33. The number of carbonyl (C=O) groups excluding carboxylic acids is 1. The third kappa shape index (κ3) is 2.09. The van der Waals surface area contributed by atoms with Crippen LogP contribution in [0, 0.1) is 5.82 Å². The molecule has 0 saturated heterocycles. The number of thioether (sulfide) groups is 1. The van der Waals surface area contributed by atoms with E-state index in [2.05, 4.69) is 0 Å². The van der Waals surface area contributed by atoms with Crippen LogP contribution in [0.15, 0.2) is 23.1 Å². The summed E-state index contributed by atoms with van der Waals surface area (Å²) in [7, 11) is 0. The SMILES string of the molecule is CSc1cccc(C(=O)C(F)F)c1F. The minimum absolute atomic E-state index is 0.191. The van der Waals surface area contributed by atoms with Crippen LogP contribution in [0.1, 0.15) is 10.4 Å². The minimum atomic E-state index is -3.17. The lowest BCUT2D eigenvalue weighted by atomic mass is 10.1. The van der Waals surface area contributed by atoms with Gasteiger partial charge in [0, 0.05) is 4.90 Å². The van der Waals surface area contributed by atoms with Crippen LogP contribution in [0.4, 0.5) is 13.2 Å². The molecule has 0 bridgehead atoms. The summed E-state index contributed by atoms with van der Waals surface area (Å²) in [6, 6.07) is 3.87. The quantitative estimate of drug-likeness (QED) is 0.575. The molecule has 0 saturated carbocycles. The molecule has 14 heavy (non-hydrogen) atoms. The van der Waals surface area contributed by atoms with Gasteiger partial charge in [0.15, 0.2) is 0 Å². The number of ketones is 1. The molecule has 0 unspecified atom stereocenters. The Labute approximate surface area is 83.3 Å². The van der Waals surface area contributed by atoms with E-state index in [-0.39, 0.29) is 4.90 Å². The summed E-state index contributed by atoms with van der Waals surface area (Å²) < 4.78 is 37.3. The van der Waals surface area contributed by atoms with Crippen molar-refractivity contribution in [2.24, 2.45) is 0 Å². The van der Waals surface area contributed by atoms with Gasteiger partial charge in [-0.3, -0.25) is 4.79 Å². The van der Waals surface area contributed by atoms with E-state index in [4.69, 9.17) is 0 Å². The van der Waals surface area contributed by atoms with Crippen molar-refractivity contribution in [1.82, 2.24) is 0 Å². The monoisotopic (exact) mass is 220 g/mol. The molecule has 0 amide bonds. The highest BCUT2D eigenvalue weighted by molar-refractivity contribution is 7.98. The molecule has 0 radical (unpaired) electrons. The molecule has 0 N–H and O–H groups in total. The molecule has 0 atom stereocenters. The van der Waals surface area contributed by atoms with E-state index in [1.165, 1.54) is 12.1 Å². The maximum absolute atomic E-state index is 13.3. The predicted molar refractivity (Wildman–Crippen MR) is 48.5 cm³/mol. The van der Waals surface area contributed by atoms with Crippen molar-refractivity contribution in [3.8, 4) is 0 Å². The molecule has 0 aliphatic rings. The molecule has 76 valence electrons. The summed E-state index contributed by atoms with van der Waals surface area (Å²) in [4.78, 5) is 11.0. The summed E-state index contributed by atoms with van der Waals surface area (Å²) in [5, 5.41) is 0. The number of hydrogen-bond donors (Lipinski definition) is 0. The summed E-state index contributed by atoms with van der Waals surface area (Å²) in [5.74, 6) is -2.34. The summed E-state index contributed by atoms with van der Waals surface area (Å²) >= 11 is 1.07. The van der Waals surface area contributed by atoms with Crippen molar-refractivity contribution in [3.63, 3.8) is 0 Å². The molecule has 1 aromatic carbocycles. The Morgan fingerprint density at radius 3 is 2.57 bits per heavy atom. The first-order chi connectivity index (χ1) is 6.57. The van der Waals surface area contributed by atoms with Crippen LogP contribution < -0.4 is 0 Å². The first kappa shape index (κ1) is 11.1. The summed E-state index contributed by atoms with van der Waals surface area (Å²) in [5.41, 5.74) is -0.549. The van der Waals surface area contributed by atoms with Gasteiger partial charge in [0.1, 0.15) is 5.82 Å². The van der Waals surface area contributed by atoms with Gasteiger partial charge < -0.3 is 0 Å². The first-order valence-corrected chi connectivity index (χ1v) is 4.95. The van der Waals surface area contributed by atoms with E-state index < -0.39 is 23.6 Å². The Morgan fingerprint density at radius 2 is 2.07 bits per heavy atom. The normalized spacial score (nSPS) is 10.6. The highest BCUT2D eigenvalue weighted by atomic mass is 32.2. The Hall–Kier alpha value is -0.970. The minimum Gasteiger partial charge on any atom is -0.288 e. The molecule has 0 fully saturated rings.